The monoisotopic (exact) mass is 384 g/mol. The average molecular weight is 384 g/mol. The molecule has 1 aliphatic heterocycles. The van der Waals surface area contributed by atoms with Crippen LogP contribution in [0.25, 0.3) is 0 Å². The van der Waals surface area contributed by atoms with E-state index in [1.165, 1.54) is 4.90 Å². The maximum Gasteiger partial charge on any atom is 0.410 e. The Morgan fingerprint density at radius 3 is 2.36 bits per heavy atom. The topological polar surface area (TPSA) is 102 Å². The molecule has 7 nitrogen and oxygen atoms in total. The lowest BCUT2D eigenvalue weighted by atomic mass is 10.1. The normalized spacial score (nSPS) is 19.9. The van der Waals surface area contributed by atoms with Gasteiger partial charge < -0.3 is 25.2 Å². The minimum Gasteiger partial charge on any atom is -0.463 e. The van der Waals surface area contributed by atoms with Crippen LogP contribution >= 0.6 is 0 Å². The maximum atomic E-state index is 12.2. The zero-order chi connectivity index (χ0) is 19.9. The number of benzene rings is 2. The Morgan fingerprint density at radius 2 is 1.68 bits per heavy atom. The lowest BCUT2D eigenvalue weighted by Gasteiger charge is -2.17. The van der Waals surface area contributed by atoms with Gasteiger partial charge in [0.2, 0.25) is 0 Å². The molecule has 0 saturated carbocycles. The molecule has 2 aromatic carbocycles. The van der Waals surface area contributed by atoms with Gasteiger partial charge in [-0.25, -0.2) is 9.59 Å². The number of esters is 1. The second kappa shape index (κ2) is 9.34. The van der Waals surface area contributed by atoms with Crippen LogP contribution in [0.2, 0.25) is 0 Å². The van der Waals surface area contributed by atoms with Gasteiger partial charge in [-0.3, -0.25) is 0 Å². The Morgan fingerprint density at radius 1 is 1.04 bits per heavy atom. The Balaban J connectivity index is 1.45. The number of aliphatic hydroxyl groups is 1. The molecule has 0 radical (unpaired) electrons. The van der Waals surface area contributed by atoms with Crippen molar-refractivity contribution in [1.82, 2.24) is 4.90 Å². The molecular formula is C21H24N2O5. The molecular weight excluding hydrogens is 360 g/mol. The zero-order valence-electron chi connectivity index (χ0n) is 15.4. The van der Waals surface area contributed by atoms with E-state index in [1.807, 2.05) is 30.3 Å². The van der Waals surface area contributed by atoms with Gasteiger partial charge in [0, 0.05) is 25.0 Å². The van der Waals surface area contributed by atoms with Gasteiger partial charge in [0.25, 0.3) is 0 Å². The molecule has 3 N–H and O–H groups in total. The van der Waals surface area contributed by atoms with Crippen molar-refractivity contribution in [2.45, 2.75) is 18.8 Å². The van der Waals surface area contributed by atoms with Crippen LogP contribution in [0.4, 0.5) is 4.79 Å². The number of ether oxygens (including phenoxy) is 2. The molecule has 1 saturated heterocycles. The third-order valence-corrected chi connectivity index (χ3v) is 4.73. The van der Waals surface area contributed by atoms with Crippen molar-refractivity contribution >= 4 is 12.1 Å². The molecule has 1 heterocycles. The van der Waals surface area contributed by atoms with Crippen molar-refractivity contribution in [3.8, 4) is 0 Å². The van der Waals surface area contributed by atoms with E-state index in [2.05, 4.69) is 0 Å². The molecule has 3 rings (SSSR count). The quantitative estimate of drug-likeness (QED) is 0.737. The number of aliphatic hydroxyl groups excluding tert-OH is 1. The summed E-state index contributed by atoms with van der Waals surface area (Å²) in [6, 6.07) is 17.6. The minimum atomic E-state index is -1.34. The van der Waals surface area contributed by atoms with E-state index in [0.29, 0.717) is 18.7 Å². The Kier molecular flexibility index (Phi) is 6.62. The average Bonchev–Trinajstić information content (AvgIpc) is 3.11. The fourth-order valence-electron chi connectivity index (χ4n) is 3.07. The summed E-state index contributed by atoms with van der Waals surface area (Å²) in [6.07, 6.45) is -1.79. The minimum absolute atomic E-state index is 0.0341. The molecule has 3 atom stereocenters. The first-order valence-electron chi connectivity index (χ1n) is 9.15. The highest BCUT2D eigenvalue weighted by Crippen LogP contribution is 2.19. The van der Waals surface area contributed by atoms with Crippen molar-refractivity contribution in [2.75, 3.05) is 19.7 Å². The van der Waals surface area contributed by atoms with Crippen LogP contribution in [-0.4, -0.2) is 47.8 Å². The number of carbonyl (C=O) groups excluding carboxylic acids is 2. The highest BCUT2D eigenvalue weighted by atomic mass is 16.6. The number of nitrogens with two attached hydrogens (primary N) is 1. The SMILES string of the molecule is N[C@H]1CN(C(=O)OCc2ccccc2)C[C@H]1COC(=O)[C@H](O)c1ccccc1. The summed E-state index contributed by atoms with van der Waals surface area (Å²) in [5.74, 6) is -0.945. The van der Waals surface area contributed by atoms with Crippen LogP contribution in [0.15, 0.2) is 60.7 Å². The van der Waals surface area contributed by atoms with Gasteiger partial charge in [-0.05, 0) is 11.1 Å². The summed E-state index contributed by atoms with van der Waals surface area (Å²) in [4.78, 5) is 25.8. The first kappa shape index (κ1) is 19.9. The summed E-state index contributed by atoms with van der Waals surface area (Å²) in [5, 5.41) is 10.1. The third-order valence-electron chi connectivity index (χ3n) is 4.73. The van der Waals surface area contributed by atoms with Gasteiger partial charge in [0.1, 0.15) is 6.61 Å². The highest BCUT2D eigenvalue weighted by Gasteiger charge is 2.35. The van der Waals surface area contributed by atoms with Gasteiger partial charge in [0.05, 0.1) is 6.61 Å². The standard InChI is InChI=1S/C21H24N2O5/c22-18-12-23(21(26)28-13-15-7-3-1-4-8-15)11-17(18)14-27-20(25)19(24)16-9-5-2-6-10-16/h1-10,17-19,24H,11-14,22H2/t17-,18-,19+/m0/s1. The summed E-state index contributed by atoms with van der Waals surface area (Å²) in [6.45, 7) is 0.890. The van der Waals surface area contributed by atoms with E-state index in [9.17, 15) is 14.7 Å². The molecule has 1 fully saturated rings. The largest absolute Gasteiger partial charge is 0.463 e. The number of nitrogens with zero attached hydrogens (tertiary/aromatic N) is 1. The molecule has 0 bridgehead atoms. The van der Waals surface area contributed by atoms with Crippen LogP contribution < -0.4 is 5.73 Å². The number of hydrogen-bond donors (Lipinski definition) is 2. The van der Waals surface area contributed by atoms with Crippen molar-refractivity contribution in [3.05, 3.63) is 71.8 Å². The lowest BCUT2D eigenvalue weighted by molar-refractivity contribution is -0.155. The summed E-state index contributed by atoms with van der Waals surface area (Å²) in [5.41, 5.74) is 7.45. The predicted molar refractivity (Wildman–Crippen MR) is 102 cm³/mol. The fraction of sp³-hybridized carbons (Fsp3) is 0.333. The van der Waals surface area contributed by atoms with Crippen LogP contribution in [0.1, 0.15) is 17.2 Å². The molecule has 0 unspecified atom stereocenters. The van der Waals surface area contributed by atoms with E-state index in [4.69, 9.17) is 15.2 Å². The first-order chi connectivity index (χ1) is 13.5. The number of amides is 1. The van der Waals surface area contributed by atoms with Crippen molar-refractivity contribution in [3.63, 3.8) is 0 Å². The van der Waals surface area contributed by atoms with Crippen molar-refractivity contribution < 1.29 is 24.2 Å². The number of hydrogen-bond acceptors (Lipinski definition) is 6. The molecule has 2 aromatic rings. The predicted octanol–water partition coefficient (Wildman–Crippen LogP) is 1.86. The lowest BCUT2D eigenvalue weighted by Crippen LogP contribution is -2.33. The van der Waals surface area contributed by atoms with Gasteiger partial charge in [-0.15, -0.1) is 0 Å². The van der Waals surface area contributed by atoms with Crippen LogP contribution in [0.5, 0.6) is 0 Å². The van der Waals surface area contributed by atoms with Crippen LogP contribution in [-0.2, 0) is 20.9 Å². The Labute approximate surface area is 163 Å². The third kappa shape index (κ3) is 5.09. The fourth-order valence-corrected chi connectivity index (χ4v) is 3.07. The second-order valence-corrected chi connectivity index (χ2v) is 6.81. The van der Waals surface area contributed by atoms with Crippen molar-refractivity contribution in [2.24, 2.45) is 11.7 Å². The molecule has 0 aliphatic carbocycles. The molecule has 148 valence electrons. The second-order valence-electron chi connectivity index (χ2n) is 6.81. The van der Waals surface area contributed by atoms with E-state index in [-0.39, 0.29) is 25.2 Å². The molecule has 1 amide bonds. The van der Waals surface area contributed by atoms with Crippen LogP contribution in [0.3, 0.4) is 0 Å². The van der Waals surface area contributed by atoms with E-state index in [0.717, 1.165) is 5.56 Å². The molecule has 28 heavy (non-hydrogen) atoms. The van der Waals surface area contributed by atoms with Crippen molar-refractivity contribution in [1.29, 1.82) is 0 Å². The Hall–Kier alpha value is -2.90. The summed E-state index contributed by atoms with van der Waals surface area (Å²) < 4.78 is 10.5. The van der Waals surface area contributed by atoms with Gasteiger partial charge in [-0.1, -0.05) is 60.7 Å². The highest BCUT2D eigenvalue weighted by molar-refractivity contribution is 5.76. The molecule has 1 aliphatic rings. The summed E-state index contributed by atoms with van der Waals surface area (Å²) >= 11 is 0. The van der Waals surface area contributed by atoms with Gasteiger partial charge >= 0.3 is 12.1 Å². The van der Waals surface area contributed by atoms with Gasteiger partial charge in [0.15, 0.2) is 6.10 Å². The molecule has 7 heteroatoms. The first-order valence-corrected chi connectivity index (χ1v) is 9.15. The zero-order valence-corrected chi connectivity index (χ0v) is 15.4. The van der Waals surface area contributed by atoms with E-state index < -0.39 is 18.2 Å². The smallest absolute Gasteiger partial charge is 0.410 e. The Bertz CT molecular complexity index is 784. The van der Waals surface area contributed by atoms with E-state index in [1.54, 1.807) is 30.3 Å². The number of rotatable bonds is 6. The maximum absolute atomic E-state index is 12.2. The van der Waals surface area contributed by atoms with E-state index >= 15 is 0 Å². The van der Waals surface area contributed by atoms with Crippen LogP contribution in [0, 0.1) is 5.92 Å². The number of likely N-dealkylation sites (tertiary alicyclic amines) is 1. The molecule has 0 aromatic heterocycles. The summed E-state index contributed by atoms with van der Waals surface area (Å²) in [7, 11) is 0. The molecule has 0 spiro atoms. The van der Waals surface area contributed by atoms with Gasteiger partial charge in [-0.2, -0.15) is 0 Å². The number of carbonyl (C=O) groups is 2.